The summed E-state index contributed by atoms with van der Waals surface area (Å²) in [6, 6.07) is 9.11. The van der Waals surface area contributed by atoms with E-state index in [1.165, 1.54) is 32.4 Å². The van der Waals surface area contributed by atoms with Gasteiger partial charge < -0.3 is 19.9 Å². The lowest BCUT2D eigenvalue weighted by molar-refractivity contribution is 0.0597. The van der Waals surface area contributed by atoms with Gasteiger partial charge in [-0.2, -0.15) is 0 Å². The average Bonchev–Trinajstić information content (AvgIpc) is 2.60. The Bertz CT molecular complexity index is 776. The van der Waals surface area contributed by atoms with Crippen LogP contribution in [0, 0.1) is 0 Å². The lowest BCUT2D eigenvalue weighted by Gasteiger charge is -2.11. The van der Waals surface area contributed by atoms with Gasteiger partial charge in [-0.3, -0.25) is 4.79 Å². The smallest absolute Gasteiger partial charge is 0.341 e. The van der Waals surface area contributed by atoms with Crippen molar-refractivity contribution in [3.63, 3.8) is 0 Å². The SMILES string of the molecule is COC(=O)c1cc(CNC(=O)c2cc(Cl)ccc2O)ccc1OC. The van der Waals surface area contributed by atoms with Crippen molar-refractivity contribution in [2.24, 2.45) is 0 Å². The van der Waals surface area contributed by atoms with Gasteiger partial charge in [0.05, 0.1) is 19.8 Å². The van der Waals surface area contributed by atoms with Gasteiger partial charge in [0.15, 0.2) is 0 Å². The Balaban J connectivity index is 2.15. The molecule has 0 spiro atoms. The van der Waals surface area contributed by atoms with Gasteiger partial charge in [-0.25, -0.2) is 4.79 Å². The van der Waals surface area contributed by atoms with Crippen LogP contribution in [0.25, 0.3) is 0 Å². The van der Waals surface area contributed by atoms with Crippen LogP contribution in [-0.4, -0.2) is 31.2 Å². The van der Waals surface area contributed by atoms with Gasteiger partial charge in [-0.1, -0.05) is 17.7 Å². The van der Waals surface area contributed by atoms with Gasteiger partial charge in [-0.15, -0.1) is 0 Å². The zero-order valence-corrected chi connectivity index (χ0v) is 13.9. The summed E-state index contributed by atoms with van der Waals surface area (Å²) in [5.74, 6) is -0.802. The first kappa shape index (κ1) is 17.6. The molecule has 0 atom stereocenters. The number of amides is 1. The molecule has 2 N–H and O–H groups in total. The summed E-state index contributed by atoms with van der Waals surface area (Å²) < 4.78 is 9.81. The molecule has 0 radical (unpaired) electrons. The summed E-state index contributed by atoms with van der Waals surface area (Å²) in [6.45, 7) is 0.152. The molecule has 7 heteroatoms. The fourth-order valence-corrected chi connectivity index (χ4v) is 2.27. The molecule has 0 heterocycles. The Morgan fingerprint density at radius 1 is 1.12 bits per heavy atom. The van der Waals surface area contributed by atoms with E-state index < -0.39 is 11.9 Å². The number of halogens is 1. The molecule has 0 aromatic heterocycles. The van der Waals surface area contributed by atoms with Gasteiger partial charge in [0.25, 0.3) is 5.91 Å². The van der Waals surface area contributed by atoms with Crippen LogP contribution in [0.5, 0.6) is 11.5 Å². The third kappa shape index (κ3) is 3.97. The fourth-order valence-electron chi connectivity index (χ4n) is 2.10. The second-order valence-electron chi connectivity index (χ2n) is 4.87. The summed E-state index contributed by atoms with van der Waals surface area (Å²) in [4.78, 5) is 23.9. The standard InChI is InChI=1S/C17H16ClNO5/c1-23-15-6-3-10(7-13(15)17(22)24-2)9-19-16(21)12-8-11(18)4-5-14(12)20/h3-8,20H,9H2,1-2H3,(H,19,21). The van der Waals surface area contributed by atoms with Crippen LogP contribution in [0.15, 0.2) is 36.4 Å². The summed E-state index contributed by atoms with van der Waals surface area (Å²) in [7, 11) is 2.73. The van der Waals surface area contributed by atoms with Gasteiger partial charge in [0.2, 0.25) is 0 Å². The number of hydrogen-bond donors (Lipinski definition) is 2. The molecule has 0 aliphatic carbocycles. The number of ether oxygens (including phenoxy) is 2. The quantitative estimate of drug-likeness (QED) is 0.811. The van der Waals surface area contributed by atoms with Crippen molar-refractivity contribution >= 4 is 23.5 Å². The van der Waals surface area contributed by atoms with Crippen molar-refractivity contribution in [2.45, 2.75) is 6.54 Å². The summed E-state index contributed by atoms with van der Waals surface area (Å²) in [6.07, 6.45) is 0. The maximum atomic E-state index is 12.1. The summed E-state index contributed by atoms with van der Waals surface area (Å²) >= 11 is 5.83. The van der Waals surface area contributed by atoms with Crippen LogP contribution in [0.4, 0.5) is 0 Å². The minimum absolute atomic E-state index is 0.0733. The average molecular weight is 350 g/mol. The van der Waals surface area contributed by atoms with Crippen molar-refractivity contribution in [3.05, 3.63) is 58.1 Å². The number of phenols is 1. The summed E-state index contributed by atoms with van der Waals surface area (Å²) in [5.41, 5.74) is 1.01. The van der Waals surface area contributed by atoms with Crippen LogP contribution in [0.2, 0.25) is 5.02 Å². The highest BCUT2D eigenvalue weighted by molar-refractivity contribution is 6.31. The number of nitrogens with one attached hydrogen (secondary N) is 1. The number of phenolic OH excluding ortho intramolecular Hbond substituents is 1. The molecule has 0 unspecified atom stereocenters. The number of methoxy groups -OCH3 is 2. The minimum atomic E-state index is -0.535. The summed E-state index contributed by atoms with van der Waals surface area (Å²) in [5, 5.41) is 12.7. The molecule has 0 fully saturated rings. The first-order valence-electron chi connectivity index (χ1n) is 6.98. The molecule has 24 heavy (non-hydrogen) atoms. The van der Waals surface area contributed by atoms with E-state index in [-0.39, 0.29) is 23.4 Å². The predicted octanol–water partition coefficient (Wildman–Crippen LogP) is 2.77. The largest absolute Gasteiger partial charge is 0.507 e. The van der Waals surface area contributed by atoms with Crippen molar-refractivity contribution in [2.75, 3.05) is 14.2 Å². The topological polar surface area (TPSA) is 84.9 Å². The lowest BCUT2D eigenvalue weighted by Crippen LogP contribution is -2.23. The lowest BCUT2D eigenvalue weighted by atomic mass is 10.1. The molecular weight excluding hydrogens is 334 g/mol. The third-order valence-electron chi connectivity index (χ3n) is 3.33. The Kier molecular flexibility index (Phi) is 5.65. The van der Waals surface area contributed by atoms with E-state index in [2.05, 4.69) is 5.32 Å². The molecule has 0 bridgehead atoms. The normalized spacial score (nSPS) is 10.1. The maximum absolute atomic E-state index is 12.1. The predicted molar refractivity (Wildman–Crippen MR) is 88.6 cm³/mol. The van der Waals surface area contributed by atoms with Crippen molar-refractivity contribution in [1.29, 1.82) is 0 Å². The zero-order valence-electron chi connectivity index (χ0n) is 13.1. The number of benzene rings is 2. The first-order valence-corrected chi connectivity index (χ1v) is 7.36. The van der Waals surface area contributed by atoms with E-state index in [1.807, 2.05) is 0 Å². The van der Waals surface area contributed by atoms with Crippen LogP contribution in [0.3, 0.4) is 0 Å². The number of aromatic hydroxyl groups is 1. The van der Waals surface area contributed by atoms with E-state index in [9.17, 15) is 14.7 Å². The Labute approximate surface area is 144 Å². The second-order valence-corrected chi connectivity index (χ2v) is 5.31. The molecule has 6 nitrogen and oxygen atoms in total. The van der Waals surface area contributed by atoms with Crippen LogP contribution >= 0.6 is 11.6 Å². The molecule has 126 valence electrons. The van der Waals surface area contributed by atoms with Crippen molar-refractivity contribution in [1.82, 2.24) is 5.32 Å². The highest BCUT2D eigenvalue weighted by atomic mass is 35.5. The maximum Gasteiger partial charge on any atom is 0.341 e. The molecule has 2 rings (SSSR count). The number of hydrogen-bond acceptors (Lipinski definition) is 5. The molecule has 2 aromatic carbocycles. The van der Waals surface area contributed by atoms with E-state index in [4.69, 9.17) is 21.1 Å². The van der Waals surface area contributed by atoms with E-state index in [0.29, 0.717) is 16.3 Å². The Hall–Kier alpha value is -2.73. The Morgan fingerprint density at radius 3 is 2.54 bits per heavy atom. The molecule has 0 aliphatic heterocycles. The molecular formula is C17H16ClNO5. The minimum Gasteiger partial charge on any atom is -0.507 e. The zero-order chi connectivity index (χ0) is 17.7. The number of carbonyl (C=O) groups excluding carboxylic acids is 2. The highest BCUT2D eigenvalue weighted by Crippen LogP contribution is 2.23. The van der Waals surface area contributed by atoms with Crippen molar-refractivity contribution in [3.8, 4) is 11.5 Å². The second kappa shape index (κ2) is 7.70. The van der Waals surface area contributed by atoms with Gasteiger partial charge in [0.1, 0.15) is 17.1 Å². The first-order chi connectivity index (χ1) is 11.5. The van der Waals surface area contributed by atoms with Crippen LogP contribution in [-0.2, 0) is 11.3 Å². The van der Waals surface area contributed by atoms with Crippen molar-refractivity contribution < 1.29 is 24.2 Å². The molecule has 2 aromatic rings. The number of esters is 1. The number of carbonyl (C=O) groups is 2. The van der Waals surface area contributed by atoms with Crippen LogP contribution in [0.1, 0.15) is 26.3 Å². The van der Waals surface area contributed by atoms with Crippen LogP contribution < -0.4 is 10.1 Å². The third-order valence-corrected chi connectivity index (χ3v) is 3.56. The van der Waals surface area contributed by atoms with Gasteiger partial charge >= 0.3 is 5.97 Å². The fraction of sp³-hybridized carbons (Fsp3) is 0.176. The molecule has 0 saturated heterocycles. The monoisotopic (exact) mass is 349 g/mol. The van der Waals surface area contributed by atoms with Gasteiger partial charge in [0, 0.05) is 11.6 Å². The highest BCUT2D eigenvalue weighted by Gasteiger charge is 2.15. The molecule has 0 aliphatic rings. The number of rotatable bonds is 5. The molecule has 0 saturated carbocycles. The Morgan fingerprint density at radius 2 is 1.88 bits per heavy atom. The molecule has 1 amide bonds. The van der Waals surface area contributed by atoms with Gasteiger partial charge in [-0.05, 0) is 35.9 Å². The van der Waals surface area contributed by atoms with E-state index >= 15 is 0 Å². The van der Waals surface area contributed by atoms with E-state index in [0.717, 1.165) is 0 Å². The van der Waals surface area contributed by atoms with E-state index in [1.54, 1.807) is 18.2 Å².